The molecule has 6 heteroatoms. The molecular weight excluding hydrogens is 374 g/mol. The number of hydrogen-bond donors (Lipinski definition) is 0. The Balaban J connectivity index is 1.42. The van der Waals surface area contributed by atoms with Crippen LogP contribution in [-0.2, 0) is 19.5 Å². The predicted octanol–water partition coefficient (Wildman–Crippen LogP) is 4.60. The maximum Gasteiger partial charge on any atom is 0.154 e. The second-order valence-corrected chi connectivity index (χ2v) is 8.08. The minimum absolute atomic E-state index is 0.355. The number of nitrogens with zero attached hydrogens (tertiary/aromatic N) is 5. The van der Waals surface area contributed by atoms with Crippen molar-refractivity contribution in [2.24, 2.45) is 0 Å². The molecule has 0 spiro atoms. The predicted molar refractivity (Wildman–Crippen MR) is 115 cm³/mol. The van der Waals surface area contributed by atoms with E-state index in [1.807, 2.05) is 41.2 Å². The van der Waals surface area contributed by atoms with E-state index in [-0.39, 0.29) is 0 Å². The fourth-order valence-electron chi connectivity index (χ4n) is 3.90. The second-order valence-electron chi connectivity index (χ2n) is 8.08. The molecule has 0 radical (unpaired) electrons. The van der Waals surface area contributed by atoms with Crippen molar-refractivity contribution in [3.05, 3.63) is 83.8 Å². The van der Waals surface area contributed by atoms with Crippen molar-refractivity contribution in [1.82, 2.24) is 24.6 Å². The SMILES string of the molecule is CC(C)c1ncc2c(n1)CCN(Cc1cn(-c3ccccc3)nc1-c1ccco1)C2. The van der Waals surface area contributed by atoms with Crippen molar-refractivity contribution in [2.45, 2.75) is 39.3 Å². The van der Waals surface area contributed by atoms with Crippen LogP contribution in [0.3, 0.4) is 0 Å². The van der Waals surface area contributed by atoms with E-state index in [4.69, 9.17) is 14.5 Å². The summed E-state index contributed by atoms with van der Waals surface area (Å²) in [5.74, 6) is 2.08. The molecule has 0 amide bonds. The monoisotopic (exact) mass is 399 g/mol. The van der Waals surface area contributed by atoms with Crippen molar-refractivity contribution in [2.75, 3.05) is 6.54 Å². The Morgan fingerprint density at radius 3 is 2.73 bits per heavy atom. The fraction of sp³-hybridized carbons (Fsp3) is 0.292. The lowest BCUT2D eigenvalue weighted by molar-refractivity contribution is 0.242. The summed E-state index contributed by atoms with van der Waals surface area (Å²) in [7, 11) is 0. The Morgan fingerprint density at radius 2 is 1.97 bits per heavy atom. The number of benzene rings is 1. The highest BCUT2D eigenvalue weighted by atomic mass is 16.3. The minimum atomic E-state index is 0.355. The van der Waals surface area contributed by atoms with Gasteiger partial charge in [-0.2, -0.15) is 5.10 Å². The van der Waals surface area contributed by atoms with E-state index in [1.54, 1.807) is 6.26 Å². The summed E-state index contributed by atoms with van der Waals surface area (Å²) in [6, 6.07) is 14.0. The van der Waals surface area contributed by atoms with E-state index in [2.05, 4.69) is 42.1 Å². The summed E-state index contributed by atoms with van der Waals surface area (Å²) < 4.78 is 7.61. The lowest BCUT2D eigenvalue weighted by Gasteiger charge is -2.28. The lowest BCUT2D eigenvalue weighted by atomic mass is 10.1. The number of hydrogen-bond acceptors (Lipinski definition) is 5. The molecule has 4 aromatic rings. The molecule has 1 aromatic carbocycles. The van der Waals surface area contributed by atoms with Gasteiger partial charge in [-0.15, -0.1) is 0 Å². The van der Waals surface area contributed by atoms with Gasteiger partial charge in [0.2, 0.25) is 0 Å². The molecule has 0 N–H and O–H groups in total. The summed E-state index contributed by atoms with van der Waals surface area (Å²) in [6.07, 6.45) is 6.76. The van der Waals surface area contributed by atoms with Crippen LogP contribution in [-0.4, -0.2) is 31.2 Å². The van der Waals surface area contributed by atoms with Gasteiger partial charge in [0.05, 0.1) is 12.0 Å². The van der Waals surface area contributed by atoms with Crippen molar-refractivity contribution in [3.63, 3.8) is 0 Å². The van der Waals surface area contributed by atoms with Gasteiger partial charge < -0.3 is 4.42 Å². The maximum absolute atomic E-state index is 5.68. The van der Waals surface area contributed by atoms with Crippen molar-refractivity contribution in [1.29, 1.82) is 0 Å². The average molecular weight is 399 g/mol. The molecule has 5 rings (SSSR count). The molecule has 0 bridgehead atoms. The Kier molecular flexibility index (Phi) is 4.93. The molecule has 0 unspecified atom stereocenters. The minimum Gasteiger partial charge on any atom is -0.463 e. The number of furan rings is 1. The van der Waals surface area contributed by atoms with Crippen LogP contribution in [0.1, 0.15) is 42.4 Å². The zero-order valence-corrected chi connectivity index (χ0v) is 17.3. The normalized spacial score (nSPS) is 14.2. The molecule has 3 aromatic heterocycles. The molecule has 1 aliphatic rings. The summed E-state index contributed by atoms with van der Waals surface area (Å²) in [6.45, 7) is 6.89. The van der Waals surface area contributed by atoms with Gasteiger partial charge in [0.15, 0.2) is 5.76 Å². The Morgan fingerprint density at radius 1 is 1.10 bits per heavy atom. The third-order valence-corrected chi connectivity index (χ3v) is 5.51. The molecule has 0 saturated heterocycles. The summed E-state index contributed by atoms with van der Waals surface area (Å²) in [4.78, 5) is 11.8. The van der Waals surface area contributed by atoms with Crippen molar-refractivity contribution in [3.8, 4) is 17.1 Å². The molecule has 0 atom stereocenters. The highest BCUT2D eigenvalue weighted by Crippen LogP contribution is 2.27. The molecule has 0 aliphatic carbocycles. The second kappa shape index (κ2) is 7.88. The first-order chi connectivity index (χ1) is 14.7. The van der Waals surface area contributed by atoms with Gasteiger partial charge in [-0.05, 0) is 24.3 Å². The molecule has 6 nitrogen and oxygen atoms in total. The van der Waals surface area contributed by atoms with Gasteiger partial charge in [0.25, 0.3) is 0 Å². The fourth-order valence-corrected chi connectivity index (χ4v) is 3.90. The summed E-state index contributed by atoms with van der Waals surface area (Å²) in [5, 5.41) is 4.84. The lowest BCUT2D eigenvalue weighted by Crippen LogP contribution is -2.31. The van der Waals surface area contributed by atoms with Gasteiger partial charge in [0, 0.05) is 61.2 Å². The quantitative estimate of drug-likeness (QED) is 0.491. The molecule has 4 heterocycles. The number of para-hydroxylation sites is 1. The third kappa shape index (κ3) is 3.66. The Bertz CT molecular complexity index is 1130. The van der Waals surface area contributed by atoms with Crippen LogP contribution in [0.25, 0.3) is 17.1 Å². The van der Waals surface area contributed by atoms with E-state index in [0.717, 1.165) is 54.6 Å². The molecule has 0 fully saturated rings. The van der Waals surface area contributed by atoms with Crippen LogP contribution in [0.15, 0.2) is 65.5 Å². The molecule has 1 aliphatic heterocycles. The number of fused-ring (bicyclic) bond motifs is 1. The van der Waals surface area contributed by atoms with Crippen LogP contribution in [0.5, 0.6) is 0 Å². The van der Waals surface area contributed by atoms with E-state index >= 15 is 0 Å². The van der Waals surface area contributed by atoms with Crippen LogP contribution in [0, 0.1) is 0 Å². The Hall–Kier alpha value is -3.25. The van der Waals surface area contributed by atoms with Gasteiger partial charge in [-0.25, -0.2) is 14.6 Å². The van der Waals surface area contributed by atoms with E-state index in [1.165, 1.54) is 11.3 Å². The number of aromatic nitrogens is 4. The molecular formula is C24H25N5O. The zero-order valence-electron chi connectivity index (χ0n) is 17.3. The first kappa shape index (κ1) is 18.8. The van der Waals surface area contributed by atoms with E-state index < -0.39 is 0 Å². The first-order valence-corrected chi connectivity index (χ1v) is 10.4. The van der Waals surface area contributed by atoms with Gasteiger partial charge in [-0.3, -0.25) is 4.90 Å². The Labute approximate surface area is 176 Å². The van der Waals surface area contributed by atoms with Crippen LogP contribution < -0.4 is 0 Å². The first-order valence-electron chi connectivity index (χ1n) is 10.4. The van der Waals surface area contributed by atoms with Crippen LogP contribution in [0.2, 0.25) is 0 Å². The van der Waals surface area contributed by atoms with Crippen molar-refractivity contribution >= 4 is 0 Å². The highest BCUT2D eigenvalue weighted by molar-refractivity contribution is 5.57. The molecule has 30 heavy (non-hydrogen) atoms. The van der Waals surface area contributed by atoms with Crippen LogP contribution >= 0.6 is 0 Å². The zero-order chi connectivity index (χ0) is 20.5. The number of rotatable bonds is 5. The van der Waals surface area contributed by atoms with E-state index in [0.29, 0.717) is 5.92 Å². The average Bonchev–Trinajstić information content (AvgIpc) is 3.44. The van der Waals surface area contributed by atoms with Crippen molar-refractivity contribution < 1.29 is 4.42 Å². The van der Waals surface area contributed by atoms with E-state index in [9.17, 15) is 0 Å². The van der Waals surface area contributed by atoms with Gasteiger partial charge in [-0.1, -0.05) is 32.0 Å². The summed E-state index contributed by atoms with van der Waals surface area (Å²) in [5.41, 5.74) is 5.49. The largest absolute Gasteiger partial charge is 0.463 e. The standard InChI is InChI=1S/C24H25N5O/c1-17(2)24-25-13-18-14-28(11-10-21(18)26-24)15-19-16-29(20-7-4-3-5-8-20)27-23(19)22-9-6-12-30-22/h3-9,12-13,16-17H,10-11,14-15H2,1-2H3. The topological polar surface area (TPSA) is 60.0 Å². The van der Waals surface area contributed by atoms with Gasteiger partial charge in [0.1, 0.15) is 11.5 Å². The maximum atomic E-state index is 5.68. The van der Waals surface area contributed by atoms with Gasteiger partial charge >= 0.3 is 0 Å². The third-order valence-electron chi connectivity index (χ3n) is 5.51. The van der Waals surface area contributed by atoms with Crippen LogP contribution in [0.4, 0.5) is 0 Å². The smallest absolute Gasteiger partial charge is 0.154 e. The molecule has 152 valence electrons. The molecule has 0 saturated carbocycles. The highest BCUT2D eigenvalue weighted by Gasteiger charge is 2.22. The summed E-state index contributed by atoms with van der Waals surface area (Å²) >= 11 is 0.